The highest BCUT2D eigenvalue weighted by Crippen LogP contribution is 2.36. The molecule has 11 heteroatoms. The number of esters is 2. The zero-order chi connectivity index (χ0) is 31.4. The maximum absolute atomic E-state index is 13.3. The third kappa shape index (κ3) is 10.1. The van der Waals surface area contributed by atoms with Gasteiger partial charge in [-0.1, -0.05) is 32.3 Å². The molecule has 11 nitrogen and oxygen atoms in total. The van der Waals surface area contributed by atoms with E-state index in [1.54, 1.807) is 18.2 Å². The number of ketones is 1. The Kier molecular flexibility index (Phi) is 13.4. The predicted octanol–water partition coefficient (Wildman–Crippen LogP) is 3.09. The van der Waals surface area contributed by atoms with Gasteiger partial charge in [0.05, 0.1) is 19.3 Å². The molecule has 0 aromatic heterocycles. The predicted molar refractivity (Wildman–Crippen MR) is 155 cm³/mol. The second kappa shape index (κ2) is 17.0. The molecule has 1 fully saturated rings. The molecule has 1 amide bonds. The van der Waals surface area contributed by atoms with Crippen molar-refractivity contribution in [2.24, 2.45) is 11.8 Å². The van der Waals surface area contributed by atoms with E-state index in [1.165, 1.54) is 14.0 Å². The van der Waals surface area contributed by atoms with E-state index in [-0.39, 0.29) is 67.1 Å². The number of aliphatic hydroxyl groups excluding tert-OH is 1. The average Bonchev–Trinajstić information content (AvgIpc) is 2.97. The monoisotopic (exact) mass is 601 g/mol. The van der Waals surface area contributed by atoms with Gasteiger partial charge in [-0.25, -0.2) is 4.79 Å². The van der Waals surface area contributed by atoms with E-state index in [0.29, 0.717) is 12.0 Å². The molecular weight excluding hydrogens is 558 g/mol. The Bertz CT molecular complexity index is 1190. The van der Waals surface area contributed by atoms with Gasteiger partial charge in [0.1, 0.15) is 24.6 Å². The minimum absolute atomic E-state index is 0.0906. The first-order valence-corrected chi connectivity index (χ1v) is 14.8. The fourth-order valence-electron chi connectivity index (χ4n) is 5.03. The zero-order valence-corrected chi connectivity index (χ0v) is 25.4. The van der Waals surface area contributed by atoms with E-state index in [2.05, 4.69) is 17.2 Å². The first-order valence-electron chi connectivity index (χ1n) is 14.8. The summed E-state index contributed by atoms with van der Waals surface area (Å²) in [5, 5.41) is 12.4. The summed E-state index contributed by atoms with van der Waals surface area (Å²) >= 11 is 0. The van der Waals surface area contributed by atoms with Gasteiger partial charge < -0.3 is 34.1 Å². The first kappa shape index (κ1) is 34.0. The van der Waals surface area contributed by atoms with Gasteiger partial charge >= 0.3 is 11.9 Å². The summed E-state index contributed by atoms with van der Waals surface area (Å²) in [7, 11) is 1.21. The molecule has 1 saturated heterocycles. The molecule has 1 unspecified atom stereocenters. The highest BCUT2D eigenvalue weighted by molar-refractivity contribution is 5.98. The van der Waals surface area contributed by atoms with Gasteiger partial charge in [0, 0.05) is 38.1 Å². The van der Waals surface area contributed by atoms with Crippen molar-refractivity contribution in [1.29, 1.82) is 0 Å². The maximum atomic E-state index is 13.3. The molecule has 2 aliphatic rings. The van der Waals surface area contributed by atoms with Crippen LogP contribution < -0.4 is 10.1 Å². The number of benzene rings is 1. The number of rotatable bonds is 13. The highest BCUT2D eigenvalue weighted by Gasteiger charge is 2.48. The lowest BCUT2D eigenvalue weighted by molar-refractivity contribution is -0.243. The smallest absolute Gasteiger partial charge is 0.339 e. The topological polar surface area (TPSA) is 147 Å². The van der Waals surface area contributed by atoms with Gasteiger partial charge in [-0.05, 0) is 43.4 Å². The lowest BCUT2D eigenvalue weighted by atomic mass is 9.84. The van der Waals surface area contributed by atoms with E-state index in [4.69, 9.17) is 23.7 Å². The largest absolute Gasteiger partial charge is 0.467 e. The van der Waals surface area contributed by atoms with Crippen molar-refractivity contribution in [2.75, 3.05) is 20.3 Å². The molecule has 6 atom stereocenters. The Hall–Kier alpha value is -3.46. The molecule has 1 aromatic rings. The average molecular weight is 602 g/mol. The van der Waals surface area contributed by atoms with Gasteiger partial charge in [-0.2, -0.15) is 0 Å². The lowest BCUT2D eigenvalue weighted by Gasteiger charge is -2.42. The third-order valence-electron chi connectivity index (χ3n) is 7.71. The molecular formula is C32H43NO10. The number of aliphatic hydroxyl groups is 1. The minimum atomic E-state index is -1.22. The van der Waals surface area contributed by atoms with E-state index in [1.807, 2.05) is 13.8 Å². The maximum Gasteiger partial charge on any atom is 0.339 e. The second-order valence-electron chi connectivity index (χ2n) is 10.9. The summed E-state index contributed by atoms with van der Waals surface area (Å²) in [6, 6.07) is 4.75. The van der Waals surface area contributed by atoms with Crippen LogP contribution in [0.1, 0.15) is 81.6 Å². The Morgan fingerprint density at radius 3 is 2.63 bits per heavy atom. The van der Waals surface area contributed by atoms with Gasteiger partial charge in [0.2, 0.25) is 12.2 Å². The van der Waals surface area contributed by atoms with E-state index < -0.39 is 30.4 Å². The third-order valence-corrected chi connectivity index (χ3v) is 7.71. The summed E-state index contributed by atoms with van der Waals surface area (Å²) in [4.78, 5) is 49.7. The van der Waals surface area contributed by atoms with E-state index in [0.717, 1.165) is 32.1 Å². The molecule has 1 aliphatic carbocycles. The molecule has 43 heavy (non-hydrogen) atoms. The van der Waals surface area contributed by atoms with Crippen molar-refractivity contribution >= 4 is 23.6 Å². The van der Waals surface area contributed by atoms with Crippen LogP contribution in [-0.4, -0.2) is 73.6 Å². The fraction of sp³-hybridized carbons (Fsp3) is 0.625. The number of amides is 1. The number of nitrogens with one attached hydrogen (secondary N) is 1. The van der Waals surface area contributed by atoms with Crippen LogP contribution in [0.15, 0.2) is 18.2 Å². The van der Waals surface area contributed by atoms with E-state index in [9.17, 15) is 24.3 Å². The summed E-state index contributed by atoms with van der Waals surface area (Å²) in [6.45, 7) is 4.82. The Labute approximate surface area is 252 Å². The number of methoxy groups -OCH3 is 1. The van der Waals surface area contributed by atoms with Crippen molar-refractivity contribution in [3.05, 3.63) is 29.3 Å². The van der Waals surface area contributed by atoms with Gasteiger partial charge in [-0.3, -0.25) is 14.4 Å². The lowest BCUT2D eigenvalue weighted by Crippen LogP contribution is -2.55. The van der Waals surface area contributed by atoms with Crippen LogP contribution in [-0.2, 0) is 39.9 Å². The van der Waals surface area contributed by atoms with Crippen LogP contribution in [0.25, 0.3) is 0 Å². The van der Waals surface area contributed by atoms with Crippen molar-refractivity contribution in [2.45, 2.75) is 96.9 Å². The molecule has 0 bridgehead atoms. The summed E-state index contributed by atoms with van der Waals surface area (Å²) in [6.07, 6.45) is 2.09. The zero-order valence-electron chi connectivity index (χ0n) is 25.4. The van der Waals surface area contributed by atoms with Crippen LogP contribution >= 0.6 is 0 Å². The molecule has 0 spiro atoms. The number of ether oxygens (including phenoxy) is 5. The highest BCUT2D eigenvalue weighted by atomic mass is 16.7. The van der Waals surface area contributed by atoms with Crippen molar-refractivity contribution in [3.63, 3.8) is 0 Å². The molecule has 1 aromatic carbocycles. The molecule has 3 rings (SSSR count). The van der Waals surface area contributed by atoms with Crippen molar-refractivity contribution in [1.82, 2.24) is 5.32 Å². The molecule has 1 heterocycles. The number of hydrogen-bond donors (Lipinski definition) is 2. The van der Waals surface area contributed by atoms with Crippen LogP contribution in [0.3, 0.4) is 0 Å². The van der Waals surface area contributed by atoms with E-state index >= 15 is 0 Å². The molecule has 0 radical (unpaired) electrons. The normalized spacial score (nSPS) is 25.2. The fourth-order valence-corrected chi connectivity index (χ4v) is 5.03. The van der Waals surface area contributed by atoms with Gasteiger partial charge in [0.25, 0.3) is 0 Å². The number of carbonyl (C=O) groups is 4. The van der Waals surface area contributed by atoms with Gasteiger partial charge in [0.15, 0.2) is 11.9 Å². The first-order chi connectivity index (χ1) is 20.6. The molecule has 0 saturated carbocycles. The quantitative estimate of drug-likeness (QED) is 0.150. The molecule has 236 valence electrons. The van der Waals surface area contributed by atoms with Crippen molar-refractivity contribution in [3.8, 4) is 17.6 Å². The summed E-state index contributed by atoms with van der Waals surface area (Å²) < 4.78 is 28.0. The Morgan fingerprint density at radius 1 is 1.12 bits per heavy atom. The van der Waals surface area contributed by atoms with Crippen molar-refractivity contribution < 1.29 is 48.0 Å². The van der Waals surface area contributed by atoms with Crippen LogP contribution in [0, 0.1) is 23.7 Å². The molecule has 1 aliphatic heterocycles. The summed E-state index contributed by atoms with van der Waals surface area (Å²) in [5.74, 6) is 3.91. The van der Waals surface area contributed by atoms with Crippen LogP contribution in [0.2, 0.25) is 0 Å². The SMILES string of the molecule is COC(=O)[C@H]1O[C@@H](Oc2ccc(CO)cc2C(=O)CCCNC(=O)COC2C#CCCCCC2)[C@H](C)[C@@H](C)[C@@H]1OC(C)=O. The summed E-state index contributed by atoms with van der Waals surface area (Å²) in [5.41, 5.74) is 0.760. The van der Waals surface area contributed by atoms with Gasteiger partial charge in [-0.15, -0.1) is 5.92 Å². The standard InChI is InChI=1S/C32H43NO10/c1-20-21(2)32(43-30(31(38)39-4)29(20)41-22(3)35)42-27-15-14-23(18-34)17-25(27)26(36)13-10-16-33-28(37)19-40-24-11-8-6-5-7-9-12-24/h14-15,17,20-21,24,29-30,32,34H,5-8,10-11,13,16,18-19H2,1-4H3,(H,33,37)/t20-,21-,24?,29+,30+,32-/m1/s1. The number of Topliss-reactive ketones (excluding diaryl/α,β-unsaturated/α-hetero) is 1. The number of hydrogen-bond acceptors (Lipinski definition) is 10. The van der Waals surface area contributed by atoms with Crippen LogP contribution in [0.4, 0.5) is 0 Å². The second-order valence-corrected chi connectivity index (χ2v) is 10.9. The Balaban J connectivity index is 1.60. The molecule has 2 N–H and O–H groups in total. The minimum Gasteiger partial charge on any atom is -0.467 e. The Morgan fingerprint density at radius 2 is 1.91 bits per heavy atom. The number of carbonyl (C=O) groups excluding carboxylic acids is 4. The van der Waals surface area contributed by atoms with Crippen LogP contribution in [0.5, 0.6) is 5.75 Å².